The average molecular weight is 272 g/mol. The van der Waals surface area contributed by atoms with Gasteiger partial charge in [-0.25, -0.2) is 0 Å². The third-order valence-corrected chi connectivity index (χ3v) is 2.07. The lowest BCUT2D eigenvalue weighted by Gasteiger charge is -2.06. The van der Waals surface area contributed by atoms with Crippen LogP contribution in [0.1, 0.15) is 12.5 Å². The second-order valence-electron chi connectivity index (χ2n) is 2.82. The van der Waals surface area contributed by atoms with Crippen LogP contribution in [0.4, 0.5) is 0 Å². The highest BCUT2D eigenvalue weighted by Crippen LogP contribution is 2.12. The lowest BCUT2D eigenvalue weighted by atomic mass is 10.2. The van der Waals surface area contributed by atoms with Gasteiger partial charge in [-0.2, -0.15) is 0 Å². The first-order chi connectivity index (χ1) is 7.27. The normalized spacial score (nSPS) is 9.73. The zero-order chi connectivity index (χ0) is 11.1. The molecule has 0 spiro atoms. The Bertz CT molecular complexity index is 311. The molecular weight excluding hydrogens is 258 g/mol. The lowest BCUT2D eigenvalue weighted by molar-refractivity contribution is 0.325. The van der Waals surface area contributed by atoms with Gasteiger partial charge < -0.3 is 9.47 Å². The summed E-state index contributed by atoms with van der Waals surface area (Å²) in [6.45, 7) is 3.02. The minimum absolute atomic E-state index is 0.199. The highest BCUT2D eigenvalue weighted by atomic mass is 79.9. The molecule has 0 heterocycles. The maximum atomic E-state index is 7.57. The number of ether oxygens (including phenoxy) is 2. The highest BCUT2D eigenvalue weighted by molar-refractivity contribution is 9.09. The van der Waals surface area contributed by atoms with Gasteiger partial charge in [0.1, 0.15) is 5.75 Å². The Labute approximate surface area is 98.0 Å². The molecule has 0 aliphatic heterocycles. The molecule has 0 unspecified atom stereocenters. The topological polar surface area (TPSA) is 42.3 Å². The van der Waals surface area contributed by atoms with Gasteiger partial charge in [0, 0.05) is 10.9 Å². The van der Waals surface area contributed by atoms with E-state index in [1.807, 2.05) is 31.2 Å². The van der Waals surface area contributed by atoms with Gasteiger partial charge in [-0.3, -0.25) is 5.41 Å². The Morgan fingerprint density at radius 2 is 2.00 bits per heavy atom. The molecule has 15 heavy (non-hydrogen) atoms. The van der Waals surface area contributed by atoms with Gasteiger partial charge in [-0.05, 0) is 31.2 Å². The van der Waals surface area contributed by atoms with E-state index in [1.165, 1.54) is 0 Å². The first-order valence-electron chi connectivity index (χ1n) is 4.78. The van der Waals surface area contributed by atoms with Crippen LogP contribution in [0.3, 0.4) is 0 Å². The zero-order valence-electron chi connectivity index (χ0n) is 8.63. The third-order valence-electron chi connectivity index (χ3n) is 1.75. The fourth-order valence-electron chi connectivity index (χ4n) is 1.09. The molecule has 0 saturated carbocycles. The van der Waals surface area contributed by atoms with E-state index in [1.54, 1.807) is 0 Å². The fourth-order valence-corrected chi connectivity index (χ4v) is 1.25. The second kappa shape index (κ2) is 6.45. The van der Waals surface area contributed by atoms with Crippen molar-refractivity contribution >= 4 is 21.8 Å². The molecule has 0 aliphatic carbocycles. The van der Waals surface area contributed by atoms with Crippen LogP contribution >= 0.6 is 15.9 Å². The summed E-state index contributed by atoms with van der Waals surface area (Å²) in [5.41, 5.74) is 0.767. The van der Waals surface area contributed by atoms with Gasteiger partial charge in [0.05, 0.1) is 13.2 Å². The maximum absolute atomic E-state index is 7.57. The van der Waals surface area contributed by atoms with E-state index in [0.29, 0.717) is 13.2 Å². The van der Waals surface area contributed by atoms with Crippen molar-refractivity contribution in [3.63, 3.8) is 0 Å². The molecule has 0 radical (unpaired) electrons. The standard InChI is InChI=1S/C11H14BrNO2/c1-2-14-11(13)9-3-5-10(6-4-9)15-8-7-12/h3-6,13H,2,7-8H2,1H3. The van der Waals surface area contributed by atoms with Crippen LogP contribution in [0.15, 0.2) is 24.3 Å². The molecule has 0 fully saturated rings. The van der Waals surface area contributed by atoms with Crippen LogP contribution in [0, 0.1) is 5.41 Å². The first kappa shape index (κ1) is 12.0. The molecule has 0 amide bonds. The molecule has 1 aromatic rings. The summed E-state index contributed by atoms with van der Waals surface area (Å²) in [5, 5.41) is 8.38. The molecule has 3 nitrogen and oxygen atoms in total. The summed E-state index contributed by atoms with van der Waals surface area (Å²) in [4.78, 5) is 0. The quantitative estimate of drug-likeness (QED) is 0.508. The summed E-state index contributed by atoms with van der Waals surface area (Å²) in [6, 6.07) is 7.32. The van der Waals surface area contributed by atoms with E-state index in [4.69, 9.17) is 14.9 Å². The first-order valence-corrected chi connectivity index (χ1v) is 5.90. The minimum atomic E-state index is 0.199. The van der Waals surface area contributed by atoms with Gasteiger partial charge in [-0.15, -0.1) is 0 Å². The number of benzene rings is 1. The number of nitrogens with one attached hydrogen (secondary N) is 1. The molecule has 0 bridgehead atoms. The predicted octanol–water partition coefficient (Wildman–Crippen LogP) is 2.82. The Morgan fingerprint density at radius 3 is 2.53 bits per heavy atom. The van der Waals surface area contributed by atoms with Crippen molar-refractivity contribution in [3.8, 4) is 5.75 Å². The molecule has 0 aliphatic rings. The van der Waals surface area contributed by atoms with Gasteiger partial charge in [-0.1, -0.05) is 15.9 Å². The average Bonchev–Trinajstić information content (AvgIpc) is 2.27. The number of rotatable bonds is 5. The largest absolute Gasteiger partial charge is 0.493 e. The summed E-state index contributed by atoms with van der Waals surface area (Å²) in [6.07, 6.45) is 0. The molecule has 1 N–H and O–H groups in total. The number of hydrogen-bond donors (Lipinski definition) is 1. The van der Waals surface area contributed by atoms with Crippen molar-refractivity contribution in [1.82, 2.24) is 0 Å². The van der Waals surface area contributed by atoms with Crippen molar-refractivity contribution in [1.29, 1.82) is 5.41 Å². The SMILES string of the molecule is CCOC(=N)c1ccc(OCCBr)cc1. The Hall–Kier alpha value is -1.03. The van der Waals surface area contributed by atoms with Crippen molar-refractivity contribution in [2.45, 2.75) is 6.92 Å². The van der Waals surface area contributed by atoms with Crippen molar-refractivity contribution < 1.29 is 9.47 Å². The summed E-state index contributed by atoms with van der Waals surface area (Å²) >= 11 is 3.29. The predicted molar refractivity (Wildman–Crippen MR) is 64.2 cm³/mol. The Morgan fingerprint density at radius 1 is 1.33 bits per heavy atom. The highest BCUT2D eigenvalue weighted by Gasteiger charge is 2.01. The summed E-state index contributed by atoms with van der Waals surface area (Å²) < 4.78 is 10.5. The number of hydrogen-bond acceptors (Lipinski definition) is 3. The van der Waals surface area contributed by atoms with E-state index in [0.717, 1.165) is 16.6 Å². The van der Waals surface area contributed by atoms with Gasteiger partial charge in [0.25, 0.3) is 0 Å². The van der Waals surface area contributed by atoms with E-state index < -0.39 is 0 Å². The number of alkyl halides is 1. The smallest absolute Gasteiger partial charge is 0.213 e. The molecule has 1 aromatic carbocycles. The van der Waals surface area contributed by atoms with Crippen LogP contribution in [0.25, 0.3) is 0 Å². The van der Waals surface area contributed by atoms with Crippen LogP contribution in [-0.4, -0.2) is 24.4 Å². The molecular formula is C11H14BrNO2. The molecule has 0 aromatic heterocycles. The molecule has 0 atom stereocenters. The van der Waals surface area contributed by atoms with Crippen molar-refractivity contribution in [2.24, 2.45) is 0 Å². The van der Waals surface area contributed by atoms with Gasteiger partial charge in [0.2, 0.25) is 5.90 Å². The Balaban J connectivity index is 2.59. The minimum Gasteiger partial charge on any atom is -0.493 e. The van der Waals surface area contributed by atoms with Crippen LogP contribution < -0.4 is 4.74 Å². The van der Waals surface area contributed by atoms with E-state index in [9.17, 15) is 0 Å². The zero-order valence-corrected chi connectivity index (χ0v) is 10.2. The molecule has 1 rings (SSSR count). The van der Waals surface area contributed by atoms with E-state index >= 15 is 0 Å². The van der Waals surface area contributed by atoms with Crippen molar-refractivity contribution in [3.05, 3.63) is 29.8 Å². The van der Waals surface area contributed by atoms with E-state index in [-0.39, 0.29) is 5.90 Å². The van der Waals surface area contributed by atoms with E-state index in [2.05, 4.69) is 15.9 Å². The molecule has 82 valence electrons. The van der Waals surface area contributed by atoms with Gasteiger partial charge >= 0.3 is 0 Å². The maximum Gasteiger partial charge on any atom is 0.213 e. The molecule has 4 heteroatoms. The van der Waals surface area contributed by atoms with Crippen molar-refractivity contribution in [2.75, 3.05) is 18.5 Å². The fraction of sp³-hybridized carbons (Fsp3) is 0.364. The monoisotopic (exact) mass is 271 g/mol. The number of halogens is 1. The van der Waals surface area contributed by atoms with Crippen LogP contribution in [0.5, 0.6) is 5.75 Å². The third kappa shape index (κ3) is 3.91. The summed E-state index contributed by atoms with van der Waals surface area (Å²) in [7, 11) is 0. The second-order valence-corrected chi connectivity index (χ2v) is 3.62. The van der Waals surface area contributed by atoms with Crippen LogP contribution in [-0.2, 0) is 4.74 Å². The summed E-state index contributed by atoms with van der Waals surface area (Å²) in [5.74, 6) is 1.01. The van der Waals surface area contributed by atoms with Crippen LogP contribution in [0.2, 0.25) is 0 Å². The van der Waals surface area contributed by atoms with Gasteiger partial charge in [0.15, 0.2) is 0 Å². The lowest BCUT2D eigenvalue weighted by Crippen LogP contribution is -2.04. The molecule has 0 saturated heterocycles. The Kier molecular flexibility index (Phi) is 5.18.